The Morgan fingerprint density at radius 3 is 2.19 bits per heavy atom. The molecule has 104 valence electrons. The molecule has 0 amide bonds. The van der Waals surface area contributed by atoms with Crippen LogP contribution in [0, 0.1) is 0 Å². The fourth-order valence-corrected chi connectivity index (χ4v) is 2.49. The Morgan fingerprint density at radius 1 is 0.905 bits per heavy atom. The predicted molar refractivity (Wildman–Crippen MR) is 82.9 cm³/mol. The molecule has 3 rings (SSSR count). The zero-order valence-electron chi connectivity index (χ0n) is 11.5. The molecule has 0 spiro atoms. The van der Waals surface area contributed by atoms with Gasteiger partial charge in [0.25, 0.3) is 0 Å². The van der Waals surface area contributed by atoms with Gasteiger partial charge in [0.15, 0.2) is 0 Å². The van der Waals surface area contributed by atoms with Crippen molar-refractivity contribution in [3.05, 3.63) is 66.2 Å². The molecule has 3 nitrogen and oxygen atoms in total. The van der Waals surface area contributed by atoms with E-state index in [9.17, 15) is 4.79 Å². The van der Waals surface area contributed by atoms with Crippen molar-refractivity contribution < 1.29 is 14.6 Å². The highest BCUT2D eigenvalue weighted by molar-refractivity contribution is 6.00. The molecule has 0 heterocycles. The van der Waals surface area contributed by atoms with Crippen LogP contribution in [-0.4, -0.2) is 18.2 Å². The Bertz CT molecular complexity index is 804. The maximum Gasteiger partial charge on any atom is 0.335 e. The molecule has 3 heteroatoms. The monoisotopic (exact) mass is 278 g/mol. The molecule has 0 aliphatic carbocycles. The van der Waals surface area contributed by atoms with Crippen LogP contribution >= 0.6 is 0 Å². The summed E-state index contributed by atoms with van der Waals surface area (Å²) in [5.74, 6) is -0.0855. The summed E-state index contributed by atoms with van der Waals surface area (Å²) in [6.07, 6.45) is 0. The number of benzene rings is 3. The van der Waals surface area contributed by atoms with Gasteiger partial charge in [-0.25, -0.2) is 4.79 Å². The van der Waals surface area contributed by atoms with Gasteiger partial charge in [-0.05, 0) is 34.7 Å². The number of carboxylic acids is 1. The van der Waals surface area contributed by atoms with Crippen LogP contribution in [0.1, 0.15) is 10.4 Å². The number of carbonyl (C=O) groups is 1. The van der Waals surface area contributed by atoms with E-state index in [1.807, 2.05) is 48.5 Å². The molecule has 21 heavy (non-hydrogen) atoms. The van der Waals surface area contributed by atoms with E-state index in [1.165, 1.54) is 0 Å². The van der Waals surface area contributed by atoms with Gasteiger partial charge in [0.1, 0.15) is 5.75 Å². The van der Waals surface area contributed by atoms with E-state index in [1.54, 1.807) is 19.2 Å². The van der Waals surface area contributed by atoms with Crippen LogP contribution < -0.4 is 4.74 Å². The lowest BCUT2D eigenvalue weighted by molar-refractivity contribution is 0.0697. The quantitative estimate of drug-likeness (QED) is 0.780. The number of fused-ring (bicyclic) bond motifs is 1. The summed E-state index contributed by atoms with van der Waals surface area (Å²) >= 11 is 0. The SMILES string of the molecule is COc1ccc(-c2ccc(C(=O)O)cc2)c2ccccc12. The standard InChI is InChI=1S/C18H14O3/c1-21-17-11-10-14(15-4-2-3-5-16(15)17)12-6-8-13(9-7-12)18(19)20/h2-11H,1H3,(H,19,20). The highest BCUT2D eigenvalue weighted by Crippen LogP contribution is 2.34. The second kappa shape index (κ2) is 5.29. The topological polar surface area (TPSA) is 46.5 Å². The molecule has 0 bridgehead atoms. The molecule has 0 aromatic heterocycles. The van der Waals surface area contributed by atoms with E-state index in [4.69, 9.17) is 9.84 Å². The van der Waals surface area contributed by atoms with Crippen molar-refractivity contribution in [2.45, 2.75) is 0 Å². The number of ether oxygens (including phenoxy) is 1. The number of hydrogen-bond donors (Lipinski definition) is 1. The normalized spacial score (nSPS) is 10.5. The van der Waals surface area contributed by atoms with Gasteiger partial charge in [0.05, 0.1) is 12.7 Å². The van der Waals surface area contributed by atoms with E-state index in [0.717, 1.165) is 27.6 Å². The Hall–Kier alpha value is -2.81. The highest BCUT2D eigenvalue weighted by Gasteiger charge is 2.09. The highest BCUT2D eigenvalue weighted by atomic mass is 16.5. The number of hydrogen-bond acceptors (Lipinski definition) is 2. The first-order chi connectivity index (χ1) is 10.2. The molecule has 3 aromatic rings. The van der Waals surface area contributed by atoms with Gasteiger partial charge in [0, 0.05) is 5.39 Å². The first-order valence-corrected chi connectivity index (χ1v) is 6.60. The van der Waals surface area contributed by atoms with Crippen LogP contribution in [0.25, 0.3) is 21.9 Å². The molecule has 0 radical (unpaired) electrons. The third-order valence-corrected chi connectivity index (χ3v) is 3.55. The van der Waals surface area contributed by atoms with E-state index >= 15 is 0 Å². The third-order valence-electron chi connectivity index (χ3n) is 3.55. The van der Waals surface area contributed by atoms with Crippen LogP contribution in [0.2, 0.25) is 0 Å². The van der Waals surface area contributed by atoms with Crippen molar-refractivity contribution >= 4 is 16.7 Å². The van der Waals surface area contributed by atoms with Gasteiger partial charge < -0.3 is 9.84 Å². The molecule has 0 fully saturated rings. The molecule has 1 N–H and O–H groups in total. The molecule has 0 aliphatic heterocycles. The van der Waals surface area contributed by atoms with Gasteiger partial charge in [-0.2, -0.15) is 0 Å². The summed E-state index contributed by atoms with van der Waals surface area (Å²) in [7, 11) is 1.66. The molecule has 0 atom stereocenters. The lowest BCUT2D eigenvalue weighted by Crippen LogP contribution is -1.95. The third kappa shape index (κ3) is 2.34. The molecule has 0 unspecified atom stereocenters. The van der Waals surface area contributed by atoms with Gasteiger partial charge in [0.2, 0.25) is 0 Å². The lowest BCUT2D eigenvalue weighted by atomic mass is 9.97. The summed E-state index contributed by atoms with van der Waals surface area (Å²) in [5, 5.41) is 11.1. The van der Waals surface area contributed by atoms with Crippen molar-refractivity contribution in [1.29, 1.82) is 0 Å². The summed E-state index contributed by atoms with van der Waals surface area (Å²) in [4.78, 5) is 10.9. The van der Waals surface area contributed by atoms with Crippen LogP contribution in [-0.2, 0) is 0 Å². The largest absolute Gasteiger partial charge is 0.496 e. The first kappa shape index (κ1) is 13.2. The average molecular weight is 278 g/mol. The lowest BCUT2D eigenvalue weighted by Gasteiger charge is -2.11. The predicted octanol–water partition coefficient (Wildman–Crippen LogP) is 4.21. The summed E-state index contributed by atoms with van der Waals surface area (Å²) in [6, 6.07) is 18.9. The zero-order chi connectivity index (χ0) is 14.8. The second-order valence-electron chi connectivity index (χ2n) is 4.74. The fourth-order valence-electron chi connectivity index (χ4n) is 2.49. The van der Waals surface area contributed by atoms with Gasteiger partial charge in [-0.3, -0.25) is 0 Å². The minimum absolute atomic E-state index is 0.288. The number of rotatable bonds is 3. The summed E-state index contributed by atoms with van der Waals surface area (Å²) in [5.41, 5.74) is 2.33. The smallest absolute Gasteiger partial charge is 0.335 e. The van der Waals surface area contributed by atoms with Crippen LogP contribution in [0.3, 0.4) is 0 Å². The maximum atomic E-state index is 10.9. The molecule has 0 saturated carbocycles. The van der Waals surface area contributed by atoms with Gasteiger partial charge >= 0.3 is 5.97 Å². The Balaban J connectivity index is 2.18. The molecular formula is C18H14O3. The van der Waals surface area contributed by atoms with Crippen LogP contribution in [0.15, 0.2) is 60.7 Å². The minimum atomic E-state index is -0.916. The number of aromatic carboxylic acids is 1. The molecular weight excluding hydrogens is 264 g/mol. The van der Waals surface area contributed by atoms with Gasteiger partial charge in [-0.1, -0.05) is 42.5 Å². The van der Waals surface area contributed by atoms with Crippen LogP contribution in [0.5, 0.6) is 5.75 Å². The molecule has 0 saturated heterocycles. The second-order valence-corrected chi connectivity index (χ2v) is 4.74. The maximum absolute atomic E-state index is 10.9. The fraction of sp³-hybridized carbons (Fsp3) is 0.0556. The number of methoxy groups -OCH3 is 1. The Kier molecular flexibility index (Phi) is 3.32. The zero-order valence-corrected chi connectivity index (χ0v) is 11.5. The van der Waals surface area contributed by atoms with Crippen molar-refractivity contribution in [2.24, 2.45) is 0 Å². The summed E-state index contributed by atoms with van der Waals surface area (Å²) < 4.78 is 5.39. The van der Waals surface area contributed by atoms with Crippen molar-refractivity contribution in [3.8, 4) is 16.9 Å². The van der Waals surface area contributed by atoms with E-state index in [2.05, 4.69) is 0 Å². The van der Waals surface area contributed by atoms with Crippen molar-refractivity contribution in [3.63, 3.8) is 0 Å². The minimum Gasteiger partial charge on any atom is -0.496 e. The Morgan fingerprint density at radius 2 is 1.57 bits per heavy atom. The Labute approximate surface area is 122 Å². The summed E-state index contributed by atoms with van der Waals surface area (Å²) in [6.45, 7) is 0. The first-order valence-electron chi connectivity index (χ1n) is 6.60. The van der Waals surface area contributed by atoms with E-state index in [0.29, 0.717) is 0 Å². The van der Waals surface area contributed by atoms with Gasteiger partial charge in [-0.15, -0.1) is 0 Å². The molecule has 3 aromatic carbocycles. The van der Waals surface area contributed by atoms with E-state index in [-0.39, 0.29) is 5.56 Å². The van der Waals surface area contributed by atoms with Crippen molar-refractivity contribution in [1.82, 2.24) is 0 Å². The molecule has 0 aliphatic rings. The van der Waals surface area contributed by atoms with Crippen LogP contribution in [0.4, 0.5) is 0 Å². The van der Waals surface area contributed by atoms with E-state index < -0.39 is 5.97 Å². The average Bonchev–Trinajstić information content (AvgIpc) is 2.54. The number of carboxylic acid groups (broad SMARTS) is 1. The van der Waals surface area contributed by atoms with Crippen molar-refractivity contribution in [2.75, 3.05) is 7.11 Å².